The van der Waals surface area contributed by atoms with E-state index in [2.05, 4.69) is 4.72 Å². The number of carboxylic acids is 1. The highest BCUT2D eigenvalue weighted by Crippen LogP contribution is 2.03. The quantitative estimate of drug-likeness (QED) is 0.641. The summed E-state index contributed by atoms with van der Waals surface area (Å²) in [6, 6.07) is -1.11. The maximum absolute atomic E-state index is 11.8. The number of sulfonamides is 1. The molecule has 0 aromatic rings. The largest absolute Gasteiger partial charge is 0.480 e. The van der Waals surface area contributed by atoms with E-state index < -0.39 is 28.7 Å². The SMILES string of the molecule is CCCC[C@H](NS(=O)(=O)CCCF)C(=O)O. The molecule has 0 aromatic heterocycles. The fourth-order valence-electron chi connectivity index (χ4n) is 1.16. The highest BCUT2D eigenvalue weighted by molar-refractivity contribution is 7.89. The maximum atomic E-state index is 11.8. The van der Waals surface area contributed by atoms with Crippen LogP contribution in [0.15, 0.2) is 0 Å². The summed E-state index contributed by atoms with van der Waals surface area (Å²) in [7, 11) is -3.69. The summed E-state index contributed by atoms with van der Waals surface area (Å²) >= 11 is 0. The van der Waals surface area contributed by atoms with Crippen molar-refractivity contribution in [1.29, 1.82) is 0 Å². The Morgan fingerprint density at radius 2 is 2.06 bits per heavy atom. The minimum atomic E-state index is -3.69. The van der Waals surface area contributed by atoms with Crippen molar-refractivity contribution in [2.45, 2.75) is 38.6 Å². The molecule has 0 aliphatic rings. The van der Waals surface area contributed by atoms with E-state index in [1.807, 2.05) is 6.92 Å². The van der Waals surface area contributed by atoms with Crippen LogP contribution in [0.1, 0.15) is 32.6 Å². The van der Waals surface area contributed by atoms with Crippen molar-refractivity contribution in [1.82, 2.24) is 4.72 Å². The van der Waals surface area contributed by atoms with Crippen LogP contribution in [0.4, 0.5) is 4.39 Å². The summed E-state index contributed by atoms with van der Waals surface area (Å²) in [5.41, 5.74) is 0. The molecule has 0 aromatic carbocycles. The molecule has 0 aliphatic carbocycles. The van der Waals surface area contributed by atoms with Gasteiger partial charge in [0, 0.05) is 0 Å². The maximum Gasteiger partial charge on any atom is 0.321 e. The lowest BCUT2D eigenvalue weighted by Gasteiger charge is -2.13. The normalized spacial score (nSPS) is 13.6. The van der Waals surface area contributed by atoms with Crippen molar-refractivity contribution in [3.8, 4) is 0 Å². The van der Waals surface area contributed by atoms with Crippen LogP contribution >= 0.6 is 0 Å². The predicted octanol–water partition coefficient (Wildman–Crippen LogP) is 0.909. The van der Waals surface area contributed by atoms with Gasteiger partial charge in [0.05, 0.1) is 12.4 Å². The molecule has 2 N–H and O–H groups in total. The van der Waals surface area contributed by atoms with Crippen LogP contribution in [0, 0.1) is 0 Å². The molecule has 0 bridgehead atoms. The average Bonchev–Trinajstić information content (AvgIpc) is 2.21. The third kappa shape index (κ3) is 6.73. The van der Waals surface area contributed by atoms with Gasteiger partial charge in [-0.2, -0.15) is 0 Å². The van der Waals surface area contributed by atoms with Gasteiger partial charge in [0.15, 0.2) is 0 Å². The number of unbranched alkanes of at least 4 members (excludes halogenated alkanes) is 1. The number of carbonyl (C=O) groups is 1. The zero-order chi connectivity index (χ0) is 12.6. The first-order valence-corrected chi connectivity index (χ1v) is 6.87. The van der Waals surface area contributed by atoms with Gasteiger partial charge in [0.1, 0.15) is 6.04 Å². The second-order valence-electron chi connectivity index (χ2n) is 3.51. The van der Waals surface area contributed by atoms with E-state index in [9.17, 15) is 17.6 Å². The standard InChI is InChI=1S/C9H18FNO4S/c1-2-3-5-8(9(12)13)11-16(14,15)7-4-6-10/h8,11H,2-7H2,1H3,(H,12,13)/t8-/m0/s1. The molecule has 0 aliphatic heterocycles. The van der Waals surface area contributed by atoms with Gasteiger partial charge in [-0.15, -0.1) is 0 Å². The van der Waals surface area contributed by atoms with Gasteiger partial charge in [0.2, 0.25) is 10.0 Å². The molecule has 0 unspecified atom stereocenters. The Morgan fingerprint density at radius 3 is 2.50 bits per heavy atom. The molecule has 7 heteroatoms. The van der Waals surface area contributed by atoms with Crippen molar-refractivity contribution in [2.24, 2.45) is 0 Å². The van der Waals surface area contributed by atoms with Crippen LogP contribution in [0.3, 0.4) is 0 Å². The molecule has 16 heavy (non-hydrogen) atoms. The zero-order valence-electron chi connectivity index (χ0n) is 9.28. The average molecular weight is 255 g/mol. The Morgan fingerprint density at radius 1 is 1.44 bits per heavy atom. The molecule has 0 rings (SSSR count). The topological polar surface area (TPSA) is 83.5 Å². The van der Waals surface area contributed by atoms with Gasteiger partial charge in [-0.05, 0) is 12.8 Å². The summed E-state index contributed by atoms with van der Waals surface area (Å²) in [4.78, 5) is 10.8. The van der Waals surface area contributed by atoms with Gasteiger partial charge in [-0.25, -0.2) is 13.1 Å². The Bertz CT molecular complexity index is 305. The summed E-state index contributed by atoms with van der Waals surface area (Å²) in [6.07, 6.45) is 1.55. The van der Waals surface area contributed by atoms with Crippen molar-refractivity contribution in [3.63, 3.8) is 0 Å². The van der Waals surface area contributed by atoms with Gasteiger partial charge in [-0.1, -0.05) is 19.8 Å². The minimum Gasteiger partial charge on any atom is -0.480 e. The van der Waals surface area contributed by atoms with Crippen molar-refractivity contribution >= 4 is 16.0 Å². The number of carboxylic acid groups (broad SMARTS) is 1. The Labute approximate surface area is 95.1 Å². The molecule has 0 amide bonds. The fraction of sp³-hybridized carbons (Fsp3) is 0.889. The molecular weight excluding hydrogens is 237 g/mol. The molecule has 0 spiro atoms. The van der Waals surface area contributed by atoms with E-state index in [4.69, 9.17) is 5.11 Å². The molecule has 5 nitrogen and oxygen atoms in total. The third-order valence-corrected chi connectivity index (χ3v) is 3.48. The third-order valence-electron chi connectivity index (χ3n) is 2.01. The van der Waals surface area contributed by atoms with Gasteiger partial charge < -0.3 is 5.11 Å². The molecule has 0 radical (unpaired) electrons. The molecule has 96 valence electrons. The van der Waals surface area contributed by atoms with Crippen LogP contribution in [0.2, 0.25) is 0 Å². The van der Waals surface area contributed by atoms with Gasteiger partial charge in [0.25, 0.3) is 0 Å². The fourth-order valence-corrected chi connectivity index (χ4v) is 2.42. The lowest BCUT2D eigenvalue weighted by molar-refractivity contribution is -0.139. The van der Waals surface area contributed by atoms with Crippen LogP contribution in [0.25, 0.3) is 0 Å². The van der Waals surface area contributed by atoms with Crippen LogP contribution in [-0.4, -0.2) is 38.0 Å². The van der Waals surface area contributed by atoms with E-state index in [1.165, 1.54) is 0 Å². The summed E-state index contributed by atoms with van der Waals surface area (Å²) in [5.74, 6) is -1.57. The number of halogens is 1. The highest BCUT2D eigenvalue weighted by atomic mass is 32.2. The number of hydrogen-bond acceptors (Lipinski definition) is 3. The summed E-state index contributed by atoms with van der Waals surface area (Å²) in [6.45, 7) is 1.16. The van der Waals surface area contributed by atoms with Crippen LogP contribution in [0.5, 0.6) is 0 Å². The summed E-state index contributed by atoms with van der Waals surface area (Å²) in [5, 5.41) is 8.79. The molecule has 0 saturated carbocycles. The molecular formula is C9H18FNO4S. The smallest absolute Gasteiger partial charge is 0.321 e. The van der Waals surface area contributed by atoms with Gasteiger partial charge >= 0.3 is 5.97 Å². The Kier molecular flexibility index (Phi) is 7.24. The number of alkyl halides is 1. The van der Waals surface area contributed by atoms with E-state index in [1.54, 1.807) is 0 Å². The Hall–Kier alpha value is -0.690. The Balaban J connectivity index is 4.32. The van der Waals surface area contributed by atoms with E-state index in [-0.39, 0.29) is 18.6 Å². The number of aliphatic carboxylic acids is 1. The zero-order valence-corrected chi connectivity index (χ0v) is 10.1. The van der Waals surface area contributed by atoms with E-state index in [0.717, 1.165) is 6.42 Å². The molecule has 0 saturated heterocycles. The molecule has 0 heterocycles. The number of rotatable bonds is 9. The van der Waals surface area contributed by atoms with Crippen LogP contribution in [-0.2, 0) is 14.8 Å². The lowest BCUT2D eigenvalue weighted by Crippen LogP contribution is -2.41. The summed E-state index contributed by atoms with van der Waals surface area (Å²) < 4.78 is 36.5. The first-order valence-electron chi connectivity index (χ1n) is 5.21. The van der Waals surface area contributed by atoms with E-state index in [0.29, 0.717) is 6.42 Å². The van der Waals surface area contributed by atoms with E-state index >= 15 is 0 Å². The second-order valence-corrected chi connectivity index (χ2v) is 5.39. The van der Waals surface area contributed by atoms with Crippen LogP contribution < -0.4 is 4.72 Å². The van der Waals surface area contributed by atoms with Crippen molar-refractivity contribution in [3.05, 3.63) is 0 Å². The minimum absolute atomic E-state index is 0.116. The number of nitrogens with one attached hydrogen (secondary N) is 1. The van der Waals surface area contributed by atoms with Crippen molar-refractivity contribution < 1.29 is 22.7 Å². The molecule has 1 atom stereocenters. The first-order chi connectivity index (χ1) is 7.43. The number of hydrogen-bond donors (Lipinski definition) is 2. The van der Waals surface area contributed by atoms with Gasteiger partial charge in [-0.3, -0.25) is 9.18 Å². The first kappa shape index (κ1) is 15.3. The second kappa shape index (κ2) is 7.56. The molecule has 0 fully saturated rings. The lowest BCUT2D eigenvalue weighted by atomic mass is 10.1. The van der Waals surface area contributed by atoms with Crippen molar-refractivity contribution in [2.75, 3.05) is 12.4 Å². The monoisotopic (exact) mass is 255 g/mol. The predicted molar refractivity (Wildman–Crippen MR) is 58.5 cm³/mol. The highest BCUT2D eigenvalue weighted by Gasteiger charge is 2.22.